The van der Waals surface area contributed by atoms with Crippen LogP contribution in [0, 0.1) is 31.6 Å². The van der Waals surface area contributed by atoms with E-state index in [1.807, 2.05) is 0 Å². The lowest BCUT2D eigenvalue weighted by atomic mass is 9.72. The molecule has 1 spiro atoms. The first-order chi connectivity index (χ1) is 15.7. The van der Waals surface area contributed by atoms with Crippen molar-refractivity contribution in [2.75, 3.05) is 10.6 Å². The summed E-state index contributed by atoms with van der Waals surface area (Å²) in [6.07, 6.45) is 0. The number of nitro groups is 2. The van der Waals surface area contributed by atoms with E-state index in [2.05, 4.69) is 21.5 Å². The number of nitrogens with one attached hydrogen (secondary N) is 4. The van der Waals surface area contributed by atoms with E-state index in [0.29, 0.717) is 0 Å². The number of nitrogens with two attached hydrogens (primary N) is 1. The number of aromatic hydroxyl groups is 1. The van der Waals surface area contributed by atoms with Crippen LogP contribution in [0.2, 0.25) is 0 Å². The van der Waals surface area contributed by atoms with Crippen LogP contribution in [0.15, 0.2) is 65.4 Å². The van der Waals surface area contributed by atoms with E-state index in [0.717, 1.165) is 12.1 Å². The molecule has 0 fully saturated rings. The van der Waals surface area contributed by atoms with Gasteiger partial charge >= 0.3 is 5.70 Å². The number of phenols is 1. The molecule has 2 aliphatic heterocycles. The smallest absolute Gasteiger partial charge is 0.313 e. The molecule has 0 aliphatic carbocycles. The number of amides is 1. The first-order valence-corrected chi connectivity index (χ1v) is 9.18. The van der Waals surface area contributed by atoms with Crippen LogP contribution in [0.25, 0.3) is 0 Å². The number of nitro benzene ring substituents is 1. The predicted octanol–water partition coefficient (Wildman–Crippen LogP) is 0.850. The van der Waals surface area contributed by atoms with Gasteiger partial charge in [-0.1, -0.05) is 0 Å². The zero-order chi connectivity index (χ0) is 23.9. The van der Waals surface area contributed by atoms with Gasteiger partial charge in [-0.25, -0.2) is 0 Å². The van der Waals surface area contributed by atoms with Gasteiger partial charge < -0.3 is 21.5 Å². The van der Waals surface area contributed by atoms with Gasteiger partial charge in [0.2, 0.25) is 5.41 Å². The van der Waals surface area contributed by atoms with Crippen molar-refractivity contribution >= 4 is 23.0 Å². The summed E-state index contributed by atoms with van der Waals surface area (Å²) in [7, 11) is 0. The lowest BCUT2D eigenvalue weighted by Gasteiger charge is -2.24. The Morgan fingerprint density at radius 3 is 2.39 bits per heavy atom. The lowest BCUT2D eigenvalue weighted by molar-refractivity contribution is -0.433. The molecule has 0 bridgehead atoms. The molecule has 0 aromatic heterocycles. The number of hydrazine groups is 1. The van der Waals surface area contributed by atoms with Crippen molar-refractivity contribution in [1.29, 1.82) is 5.26 Å². The van der Waals surface area contributed by atoms with Crippen molar-refractivity contribution in [2.45, 2.75) is 5.41 Å². The Kier molecular flexibility index (Phi) is 4.71. The zero-order valence-electron chi connectivity index (χ0n) is 16.4. The number of nitrogens with zero attached hydrogens (tertiary/aromatic N) is 3. The monoisotopic (exact) mass is 450 g/mol. The van der Waals surface area contributed by atoms with Crippen LogP contribution in [0.3, 0.4) is 0 Å². The van der Waals surface area contributed by atoms with Gasteiger partial charge in [-0.05, 0) is 30.3 Å². The summed E-state index contributed by atoms with van der Waals surface area (Å²) in [5.74, 6) is -1.79. The highest BCUT2D eigenvalue weighted by atomic mass is 16.6. The number of hydrogen-bond donors (Lipinski definition) is 6. The van der Waals surface area contributed by atoms with Crippen molar-refractivity contribution < 1.29 is 19.7 Å². The number of carbonyl (C=O) groups is 1. The van der Waals surface area contributed by atoms with Crippen LogP contribution in [0.4, 0.5) is 17.1 Å². The maximum Gasteiger partial charge on any atom is 0.313 e. The quantitative estimate of drug-likeness (QED) is 0.218. The minimum Gasteiger partial charge on any atom is -0.508 e. The zero-order valence-corrected chi connectivity index (χ0v) is 16.4. The van der Waals surface area contributed by atoms with Crippen molar-refractivity contribution in [1.82, 2.24) is 10.9 Å². The second-order valence-electron chi connectivity index (χ2n) is 6.99. The Bertz CT molecular complexity index is 1330. The summed E-state index contributed by atoms with van der Waals surface area (Å²) >= 11 is 0. The highest BCUT2D eigenvalue weighted by Crippen LogP contribution is 2.50. The van der Waals surface area contributed by atoms with E-state index in [-0.39, 0.29) is 28.5 Å². The minimum absolute atomic E-state index is 0.0522. The molecular weight excluding hydrogens is 436 g/mol. The molecule has 1 atom stereocenters. The van der Waals surface area contributed by atoms with Crippen molar-refractivity contribution in [3.8, 4) is 11.8 Å². The molecule has 0 saturated carbocycles. The molecule has 14 heteroatoms. The summed E-state index contributed by atoms with van der Waals surface area (Å²) < 4.78 is 0. The molecule has 1 amide bonds. The first-order valence-electron chi connectivity index (χ1n) is 9.18. The van der Waals surface area contributed by atoms with Gasteiger partial charge in [-0.15, -0.1) is 0 Å². The second kappa shape index (κ2) is 7.42. The van der Waals surface area contributed by atoms with E-state index in [1.165, 1.54) is 30.3 Å². The number of nitriles is 1. The van der Waals surface area contributed by atoms with Gasteiger partial charge in [0.05, 0.1) is 9.85 Å². The Morgan fingerprint density at radius 2 is 1.79 bits per heavy atom. The van der Waals surface area contributed by atoms with Crippen LogP contribution < -0.4 is 27.2 Å². The number of benzene rings is 2. The fourth-order valence-electron chi connectivity index (χ4n) is 3.80. The first kappa shape index (κ1) is 20.9. The Balaban J connectivity index is 2.07. The van der Waals surface area contributed by atoms with Gasteiger partial charge in [0.15, 0.2) is 5.82 Å². The molecule has 2 aromatic rings. The Hall–Kier alpha value is -5.32. The number of non-ortho nitro benzene ring substituents is 1. The summed E-state index contributed by atoms with van der Waals surface area (Å²) in [5, 5.41) is 48.3. The molecule has 4 rings (SSSR count). The van der Waals surface area contributed by atoms with Gasteiger partial charge in [-0.3, -0.25) is 35.9 Å². The molecule has 1 unspecified atom stereocenters. The van der Waals surface area contributed by atoms with Crippen LogP contribution in [-0.2, 0) is 10.2 Å². The van der Waals surface area contributed by atoms with E-state index in [4.69, 9.17) is 5.73 Å². The second-order valence-corrected chi connectivity index (χ2v) is 6.99. The van der Waals surface area contributed by atoms with Crippen LogP contribution in [-0.4, -0.2) is 20.9 Å². The molecule has 7 N–H and O–H groups in total. The molecule has 0 radical (unpaired) electrons. The number of phenolic OH excluding ortho intramolecular Hbond substituents is 1. The van der Waals surface area contributed by atoms with E-state index < -0.39 is 43.9 Å². The van der Waals surface area contributed by atoms with E-state index in [9.17, 15) is 35.4 Å². The Labute approximate surface area is 184 Å². The van der Waals surface area contributed by atoms with Gasteiger partial charge in [0.1, 0.15) is 23.2 Å². The fourth-order valence-corrected chi connectivity index (χ4v) is 3.80. The summed E-state index contributed by atoms with van der Waals surface area (Å²) in [5.41, 5.74) is 6.85. The molecular formula is C19H14N8O6. The predicted molar refractivity (Wildman–Crippen MR) is 112 cm³/mol. The normalized spacial score (nSPS) is 19.1. The van der Waals surface area contributed by atoms with Gasteiger partial charge in [0, 0.05) is 29.1 Å². The highest BCUT2D eigenvalue weighted by Gasteiger charge is 2.63. The van der Waals surface area contributed by atoms with E-state index >= 15 is 0 Å². The molecule has 33 heavy (non-hydrogen) atoms. The minimum atomic E-state index is -2.42. The average molecular weight is 450 g/mol. The molecule has 2 heterocycles. The molecule has 0 saturated heterocycles. The largest absolute Gasteiger partial charge is 0.508 e. The number of fused-ring (bicyclic) bond motifs is 2. The Morgan fingerprint density at radius 1 is 1.09 bits per heavy atom. The fraction of sp³-hybridized carbons (Fsp3) is 0.0526. The third-order valence-corrected chi connectivity index (χ3v) is 5.20. The standard InChI is InChI=1S/C19H14N8O6/c20-8-13-16(21)24-25-17(22-9-1-4-11(28)5-2-9)15(27(32)33)19(13)12-7-10(26(30)31)3-6-14(12)23-18(19)29/h1-7,22,24-25,28H,21H2,(H,23,29). The van der Waals surface area contributed by atoms with Crippen LogP contribution >= 0.6 is 0 Å². The molecule has 14 nitrogen and oxygen atoms in total. The molecule has 166 valence electrons. The number of anilines is 2. The average Bonchev–Trinajstić information content (AvgIpc) is 2.97. The van der Waals surface area contributed by atoms with Crippen LogP contribution in [0.5, 0.6) is 5.75 Å². The maximum atomic E-state index is 13.3. The van der Waals surface area contributed by atoms with Gasteiger partial charge in [-0.2, -0.15) is 5.26 Å². The third kappa shape index (κ3) is 3.08. The number of carbonyl (C=O) groups excluding carboxylic acids is 1. The van der Waals surface area contributed by atoms with Crippen molar-refractivity contribution in [3.63, 3.8) is 0 Å². The van der Waals surface area contributed by atoms with Gasteiger partial charge in [0.25, 0.3) is 11.6 Å². The lowest BCUT2D eigenvalue weighted by Crippen LogP contribution is -2.43. The summed E-state index contributed by atoms with van der Waals surface area (Å²) in [4.78, 5) is 35.5. The summed E-state index contributed by atoms with van der Waals surface area (Å²) in [6.45, 7) is 0. The third-order valence-electron chi connectivity index (χ3n) is 5.20. The number of hydrogen-bond acceptors (Lipinski definition) is 11. The highest BCUT2D eigenvalue weighted by molar-refractivity contribution is 6.12. The van der Waals surface area contributed by atoms with Crippen molar-refractivity contribution in [2.24, 2.45) is 5.73 Å². The molecule has 2 aromatic carbocycles. The van der Waals surface area contributed by atoms with Crippen LogP contribution in [0.1, 0.15) is 5.56 Å². The molecule has 2 aliphatic rings. The van der Waals surface area contributed by atoms with E-state index in [1.54, 1.807) is 6.07 Å². The summed E-state index contributed by atoms with van der Waals surface area (Å²) in [6, 6.07) is 10.5. The number of rotatable bonds is 4. The van der Waals surface area contributed by atoms with Crippen molar-refractivity contribution in [3.05, 3.63) is 91.2 Å². The topological polar surface area (TPSA) is 222 Å². The maximum absolute atomic E-state index is 13.3. The SMILES string of the molecule is N#CC1=C(N)NNC(Nc2ccc(O)cc2)=C([N+](=O)[O-])C12C(=O)Nc1ccc([N+](=O)[O-])cc12.